The quantitative estimate of drug-likeness (QED) is 0.790. The van der Waals surface area contributed by atoms with E-state index in [2.05, 4.69) is 0 Å². The number of rotatable bonds is 5. The summed E-state index contributed by atoms with van der Waals surface area (Å²) in [5.74, 6) is 0.0724. The van der Waals surface area contributed by atoms with Gasteiger partial charge in [0, 0.05) is 11.5 Å². The molecule has 0 bridgehead atoms. The predicted molar refractivity (Wildman–Crippen MR) is 80.6 cm³/mol. The van der Waals surface area contributed by atoms with Gasteiger partial charge in [-0.3, -0.25) is 4.79 Å². The van der Waals surface area contributed by atoms with Crippen molar-refractivity contribution in [1.29, 1.82) is 0 Å². The Morgan fingerprint density at radius 1 is 1.18 bits per heavy atom. The van der Waals surface area contributed by atoms with Gasteiger partial charge >= 0.3 is 11.6 Å². The van der Waals surface area contributed by atoms with Crippen molar-refractivity contribution in [3.05, 3.63) is 34.4 Å². The summed E-state index contributed by atoms with van der Waals surface area (Å²) in [6.07, 6.45) is 0. The summed E-state index contributed by atoms with van der Waals surface area (Å²) in [7, 11) is 3.00. The molecule has 1 atom stereocenters. The first kappa shape index (κ1) is 15.9. The number of benzene rings is 1. The van der Waals surface area contributed by atoms with Gasteiger partial charge < -0.3 is 18.6 Å². The molecule has 6 nitrogen and oxygen atoms in total. The summed E-state index contributed by atoms with van der Waals surface area (Å²) in [6.45, 7) is 3.61. The van der Waals surface area contributed by atoms with Gasteiger partial charge in [0.25, 0.3) is 0 Å². The predicted octanol–water partition coefficient (Wildman–Crippen LogP) is 2.48. The zero-order chi connectivity index (χ0) is 16.3. The summed E-state index contributed by atoms with van der Waals surface area (Å²) in [5, 5.41) is 0.890. The highest BCUT2D eigenvalue weighted by Gasteiger charge is 2.21. The fourth-order valence-electron chi connectivity index (χ4n) is 2.14. The molecule has 0 aliphatic heterocycles. The van der Waals surface area contributed by atoms with E-state index in [1.807, 2.05) is 0 Å². The Bertz CT molecular complexity index is 746. The zero-order valence-electron chi connectivity index (χ0n) is 13.0. The average Bonchev–Trinajstić information content (AvgIpc) is 2.53. The number of esters is 1. The molecule has 1 heterocycles. The third-order valence-electron chi connectivity index (χ3n) is 3.36. The van der Waals surface area contributed by atoms with Gasteiger partial charge in [0.15, 0.2) is 0 Å². The average molecular weight is 306 g/mol. The van der Waals surface area contributed by atoms with Gasteiger partial charge in [0.2, 0.25) is 0 Å². The summed E-state index contributed by atoms with van der Waals surface area (Å²) >= 11 is 0. The van der Waals surface area contributed by atoms with Gasteiger partial charge in [-0.2, -0.15) is 0 Å². The number of carbonyl (C=O) groups excluding carboxylic acids is 1. The lowest BCUT2D eigenvalue weighted by Crippen LogP contribution is -2.15. The molecule has 0 fully saturated rings. The Kier molecular flexibility index (Phi) is 4.70. The smallest absolute Gasteiger partial charge is 0.344 e. The van der Waals surface area contributed by atoms with Crippen molar-refractivity contribution in [2.24, 2.45) is 0 Å². The zero-order valence-corrected chi connectivity index (χ0v) is 13.0. The second-order valence-corrected chi connectivity index (χ2v) is 4.70. The Hall–Kier alpha value is -2.50. The van der Waals surface area contributed by atoms with E-state index in [9.17, 15) is 9.59 Å². The van der Waals surface area contributed by atoms with Gasteiger partial charge in [-0.25, -0.2) is 4.79 Å². The van der Waals surface area contributed by atoms with E-state index in [0.717, 1.165) is 0 Å². The third-order valence-corrected chi connectivity index (χ3v) is 3.36. The summed E-state index contributed by atoms with van der Waals surface area (Å²) in [6, 6.07) is 4.86. The Morgan fingerprint density at radius 2 is 1.91 bits per heavy atom. The number of fused-ring (bicyclic) bond motifs is 1. The van der Waals surface area contributed by atoms with Gasteiger partial charge in [-0.1, -0.05) is 0 Å². The van der Waals surface area contributed by atoms with E-state index >= 15 is 0 Å². The van der Waals surface area contributed by atoms with E-state index in [0.29, 0.717) is 22.3 Å². The molecule has 1 unspecified atom stereocenters. The van der Waals surface area contributed by atoms with Gasteiger partial charge in [0.1, 0.15) is 23.2 Å². The molecule has 0 aliphatic carbocycles. The van der Waals surface area contributed by atoms with Gasteiger partial charge in [-0.15, -0.1) is 0 Å². The molecule has 6 heteroatoms. The molecule has 1 aromatic heterocycles. The van der Waals surface area contributed by atoms with Gasteiger partial charge in [-0.05, 0) is 26.0 Å². The monoisotopic (exact) mass is 306 g/mol. The molecule has 118 valence electrons. The molecule has 0 amide bonds. The van der Waals surface area contributed by atoms with E-state index in [4.69, 9.17) is 18.6 Å². The molecule has 0 radical (unpaired) electrons. The van der Waals surface area contributed by atoms with E-state index in [1.54, 1.807) is 32.0 Å². The van der Waals surface area contributed by atoms with Crippen LogP contribution in [0.4, 0.5) is 0 Å². The summed E-state index contributed by atoms with van der Waals surface area (Å²) < 4.78 is 20.6. The molecule has 0 spiro atoms. The highest BCUT2D eigenvalue weighted by Crippen LogP contribution is 2.31. The van der Waals surface area contributed by atoms with Crippen LogP contribution in [-0.4, -0.2) is 26.8 Å². The molecular formula is C16H18O6. The highest BCUT2D eigenvalue weighted by atomic mass is 16.5. The molecular weight excluding hydrogens is 288 g/mol. The number of hydrogen-bond donors (Lipinski definition) is 0. The van der Waals surface area contributed by atoms with Crippen LogP contribution >= 0.6 is 0 Å². The van der Waals surface area contributed by atoms with E-state index < -0.39 is 17.5 Å². The largest absolute Gasteiger partial charge is 0.497 e. The lowest BCUT2D eigenvalue weighted by molar-refractivity contribution is -0.144. The van der Waals surface area contributed by atoms with Crippen molar-refractivity contribution in [2.75, 3.05) is 20.8 Å². The van der Waals surface area contributed by atoms with Crippen LogP contribution in [0.5, 0.6) is 11.5 Å². The van der Waals surface area contributed by atoms with Crippen molar-refractivity contribution in [2.45, 2.75) is 19.8 Å². The van der Waals surface area contributed by atoms with E-state index in [1.165, 1.54) is 14.2 Å². The SMILES string of the molecule is CCOC(=O)C(C)c1cc2c(OC)cc(OC)cc2c(=O)o1. The fraction of sp³-hybridized carbons (Fsp3) is 0.375. The van der Waals surface area contributed by atoms with E-state index in [-0.39, 0.29) is 12.4 Å². The number of methoxy groups -OCH3 is 2. The third kappa shape index (κ3) is 2.90. The van der Waals surface area contributed by atoms with Crippen LogP contribution in [0.15, 0.2) is 27.4 Å². The van der Waals surface area contributed by atoms with Crippen LogP contribution in [0.2, 0.25) is 0 Å². The topological polar surface area (TPSA) is 75.0 Å². The lowest BCUT2D eigenvalue weighted by atomic mass is 10.1. The number of hydrogen-bond acceptors (Lipinski definition) is 6. The number of carbonyl (C=O) groups is 1. The lowest BCUT2D eigenvalue weighted by Gasteiger charge is -2.12. The fourth-order valence-corrected chi connectivity index (χ4v) is 2.14. The first-order valence-corrected chi connectivity index (χ1v) is 6.88. The first-order valence-electron chi connectivity index (χ1n) is 6.88. The van der Waals surface area contributed by atoms with Crippen LogP contribution in [0.25, 0.3) is 10.8 Å². The maximum absolute atomic E-state index is 12.2. The second kappa shape index (κ2) is 6.51. The van der Waals surface area contributed by atoms with Crippen LogP contribution in [0, 0.1) is 0 Å². The standard InChI is InChI=1S/C16H18O6/c1-5-21-15(17)9(2)13-8-11-12(16(18)22-13)6-10(19-3)7-14(11)20-4/h6-9H,5H2,1-4H3. The Morgan fingerprint density at radius 3 is 2.50 bits per heavy atom. The van der Waals surface area contributed by atoms with Crippen molar-refractivity contribution >= 4 is 16.7 Å². The van der Waals surface area contributed by atoms with Crippen molar-refractivity contribution in [3.8, 4) is 11.5 Å². The van der Waals surface area contributed by atoms with Crippen molar-refractivity contribution in [3.63, 3.8) is 0 Å². The van der Waals surface area contributed by atoms with Crippen LogP contribution < -0.4 is 15.1 Å². The molecule has 2 aromatic rings. The maximum atomic E-state index is 12.2. The van der Waals surface area contributed by atoms with Crippen LogP contribution in [-0.2, 0) is 9.53 Å². The molecule has 0 saturated carbocycles. The summed E-state index contributed by atoms with van der Waals surface area (Å²) in [5.41, 5.74) is -0.555. The Balaban J connectivity index is 2.61. The highest BCUT2D eigenvalue weighted by molar-refractivity contribution is 5.90. The first-order chi connectivity index (χ1) is 10.5. The molecule has 2 rings (SSSR count). The molecule has 1 aromatic carbocycles. The minimum absolute atomic E-state index is 0.236. The molecule has 0 saturated heterocycles. The Labute approximate surface area is 127 Å². The van der Waals surface area contributed by atoms with Crippen molar-refractivity contribution in [1.82, 2.24) is 0 Å². The summed E-state index contributed by atoms with van der Waals surface area (Å²) in [4.78, 5) is 24.0. The molecule has 22 heavy (non-hydrogen) atoms. The second-order valence-electron chi connectivity index (χ2n) is 4.70. The minimum atomic E-state index is -0.677. The van der Waals surface area contributed by atoms with Crippen LogP contribution in [0.3, 0.4) is 0 Å². The molecule has 0 N–H and O–H groups in total. The van der Waals surface area contributed by atoms with Gasteiger partial charge in [0.05, 0.1) is 26.2 Å². The number of ether oxygens (including phenoxy) is 3. The van der Waals surface area contributed by atoms with Crippen LogP contribution in [0.1, 0.15) is 25.5 Å². The van der Waals surface area contributed by atoms with Crippen molar-refractivity contribution < 1.29 is 23.4 Å². The minimum Gasteiger partial charge on any atom is -0.497 e. The normalized spacial score (nSPS) is 12.0. The molecule has 0 aliphatic rings. The maximum Gasteiger partial charge on any atom is 0.344 e.